The largest absolute Gasteiger partial charge is 0.338 e. The summed E-state index contributed by atoms with van der Waals surface area (Å²) >= 11 is 0. The van der Waals surface area contributed by atoms with Crippen molar-refractivity contribution in [2.24, 2.45) is 0 Å². The molecule has 3 rings (SSSR count). The molecule has 1 aliphatic rings. The predicted octanol–water partition coefficient (Wildman–Crippen LogP) is 2.93. The zero-order valence-electron chi connectivity index (χ0n) is 13.9. The van der Waals surface area contributed by atoms with E-state index in [4.69, 9.17) is 0 Å². The number of hydrogen-bond donors (Lipinski definition) is 1. The maximum Gasteiger partial charge on any atom is 0.317 e. The Hall–Kier alpha value is -2.50. The summed E-state index contributed by atoms with van der Waals surface area (Å²) < 4.78 is 13.0. The Bertz CT molecular complexity index is 712. The van der Waals surface area contributed by atoms with Gasteiger partial charge >= 0.3 is 6.03 Å². The van der Waals surface area contributed by atoms with Crippen molar-refractivity contribution < 1.29 is 9.18 Å². The number of nitrogens with one attached hydrogen (secondary N) is 1. The van der Waals surface area contributed by atoms with Gasteiger partial charge in [0, 0.05) is 30.9 Å². The minimum Gasteiger partial charge on any atom is -0.338 e. The number of halogens is 1. The Morgan fingerprint density at radius 2 is 1.92 bits per heavy atom. The summed E-state index contributed by atoms with van der Waals surface area (Å²) in [5.74, 6) is 0.481. The van der Waals surface area contributed by atoms with Gasteiger partial charge in [0.1, 0.15) is 11.6 Å². The van der Waals surface area contributed by atoms with Crippen molar-refractivity contribution in [3.8, 4) is 0 Å². The van der Waals surface area contributed by atoms with E-state index in [1.54, 1.807) is 17.0 Å². The van der Waals surface area contributed by atoms with Gasteiger partial charge in [0.25, 0.3) is 0 Å². The first-order valence-corrected chi connectivity index (χ1v) is 8.14. The van der Waals surface area contributed by atoms with Crippen LogP contribution in [0.25, 0.3) is 0 Å². The van der Waals surface area contributed by atoms with E-state index in [-0.39, 0.29) is 17.9 Å². The summed E-state index contributed by atoms with van der Waals surface area (Å²) in [5.41, 5.74) is 2.83. The smallest absolute Gasteiger partial charge is 0.317 e. The minimum absolute atomic E-state index is 0.0306. The third-order valence-electron chi connectivity index (χ3n) is 4.19. The van der Waals surface area contributed by atoms with Crippen LogP contribution in [-0.2, 0) is 6.42 Å². The first kappa shape index (κ1) is 16.4. The van der Waals surface area contributed by atoms with E-state index in [1.165, 1.54) is 12.1 Å². The first-order chi connectivity index (χ1) is 11.5. The van der Waals surface area contributed by atoms with Gasteiger partial charge in [-0.1, -0.05) is 12.1 Å². The third-order valence-corrected chi connectivity index (χ3v) is 4.19. The molecule has 1 saturated heterocycles. The Morgan fingerprint density at radius 3 is 2.50 bits per heavy atom. The Balaban J connectivity index is 1.52. The van der Waals surface area contributed by atoms with Crippen molar-refractivity contribution >= 4 is 6.03 Å². The summed E-state index contributed by atoms with van der Waals surface area (Å²) in [6, 6.07) is 8.20. The predicted molar refractivity (Wildman–Crippen MR) is 89.1 cm³/mol. The summed E-state index contributed by atoms with van der Waals surface area (Å²) in [6.45, 7) is 5.08. The number of benzene rings is 1. The molecule has 5 nitrogen and oxygen atoms in total. The molecule has 1 N–H and O–H groups in total. The molecule has 2 amide bonds. The summed E-state index contributed by atoms with van der Waals surface area (Å²) in [5, 5.41) is 2.92. The highest BCUT2D eigenvalue weighted by Gasteiger charge is 2.33. The van der Waals surface area contributed by atoms with E-state index < -0.39 is 0 Å². The van der Waals surface area contributed by atoms with Gasteiger partial charge in [-0.2, -0.15) is 0 Å². The average Bonchev–Trinajstić information content (AvgIpc) is 2.47. The van der Waals surface area contributed by atoms with Gasteiger partial charge in [-0.15, -0.1) is 0 Å². The van der Waals surface area contributed by atoms with Crippen molar-refractivity contribution in [2.75, 3.05) is 13.1 Å². The van der Waals surface area contributed by atoms with Crippen LogP contribution < -0.4 is 5.32 Å². The second kappa shape index (κ2) is 6.95. The lowest BCUT2D eigenvalue weighted by Gasteiger charge is -2.41. The molecule has 1 aliphatic heterocycles. The molecular formula is C18H21FN4O. The maximum absolute atomic E-state index is 13.0. The molecule has 0 bridgehead atoms. The third kappa shape index (κ3) is 3.69. The highest BCUT2D eigenvalue weighted by molar-refractivity contribution is 5.75. The quantitative estimate of drug-likeness (QED) is 0.939. The molecule has 1 atom stereocenters. The van der Waals surface area contributed by atoms with Crippen LogP contribution in [0.1, 0.15) is 35.2 Å². The number of carbonyl (C=O) groups excluding carboxylic acids is 1. The Morgan fingerprint density at radius 1 is 1.25 bits per heavy atom. The Labute approximate surface area is 140 Å². The van der Waals surface area contributed by atoms with Crippen molar-refractivity contribution in [2.45, 2.75) is 32.7 Å². The van der Waals surface area contributed by atoms with Crippen LogP contribution in [-0.4, -0.2) is 34.0 Å². The number of urea groups is 1. The van der Waals surface area contributed by atoms with Crippen molar-refractivity contribution in [3.05, 3.63) is 58.9 Å². The summed E-state index contributed by atoms with van der Waals surface area (Å²) in [4.78, 5) is 22.8. The van der Waals surface area contributed by atoms with E-state index in [9.17, 15) is 9.18 Å². The maximum atomic E-state index is 13.0. The van der Waals surface area contributed by atoms with Gasteiger partial charge in [-0.3, -0.25) is 0 Å². The second-order valence-electron chi connectivity index (χ2n) is 6.10. The lowest BCUT2D eigenvalue weighted by atomic mass is 9.95. The molecule has 0 unspecified atom stereocenters. The average molecular weight is 328 g/mol. The highest BCUT2D eigenvalue weighted by atomic mass is 19.1. The highest BCUT2D eigenvalue weighted by Crippen LogP contribution is 2.32. The van der Waals surface area contributed by atoms with E-state index in [2.05, 4.69) is 15.3 Å². The lowest BCUT2D eigenvalue weighted by molar-refractivity contribution is 0.115. The molecular weight excluding hydrogens is 307 g/mol. The van der Waals surface area contributed by atoms with E-state index in [0.29, 0.717) is 19.5 Å². The molecule has 0 saturated carbocycles. The van der Waals surface area contributed by atoms with Crippen LogP contribution in [0.5, 0.6) is 0 Å². The minimum atomic E-state index is -0.262. The number of aryl methyl sites for hydroxylation is 2. The SMILES string of the molecule is Cc1cc(C)nc(CCNC(=O)N2CC[C@@H]2c2ccc(F)cc2)n1. The summed E-state index contributed by atoms with van der Waals surface area (Å²) in [6.07, 6.45) is 1.50. The van der Waals surface area contributed by atoms with Crippen LogP contribution in [0.4, 0.5) is 9.18 Å². The van der Waals surface area contributed by atoms with Gasteiger partial charge in [0.15, 0.2) is 0 Å². The van der Waals surface area contributed by atoms with E-state index in [0.717, 1.165) is 29.2 Å². The standard InChI is InChI=1S/C18H21FN4O/c1-12-11-13(2)22-17(21-12)7-9-20-18(24)23-10-8-16(23)14-3-5-15(19)6-4-14/h3-6,11,16H,7-10H2,1-2H3,(H,20,24)/t16-/m1/s1. The van der Waals surface area contributed by atoms with Crippen LogP contribution >= 0.6 is 0 Å². The normalized spacial score (nSPS) is 16.6. The number of amides is 2. The molecule has 1 fully saturated rings. The van der Waals surface area contributed by atoms with Crippen LogP contribution in [0.2, 0.25) is 0 Å². The topological polar surface area (TPSA) is 58.1 Å². The van der Waals surface area contributed by atoms with Crippen molar-refractivity contribution in [1.29, 1.82) is 0 Å². The molecule has 0 spiro atoms. The van der Waals surface area contributed by atoms with Gasteiger partial charge in [-0.05, 0) is 44.0 Å². The van der Waals surface area contributed by atoms with Crippen LogP contribution in [0, 0.1) is 19.7 Å². The number of likely N-dealkylation sites (tertiary alicyclic amines) is 1. The first-order valence-electron chi connectivity index (χ1n) is 8.14. The molecule has 1 aromatic heterocycles. The van der Waals surface area contributed by atoms with Crippen molar-refractivity contribution in [1.82, 2.24) is 20.2 Å². The fourth-order valence-electron chi connectivity index (χ4n) is 2.96. The fourth-order valence-corrected chi connectivity index (χ4v) is 2.96. The molecule has 1 aromatic carbocycles. The molecule has 0 radical (unpaired) electrons. The van der Waals surface area contributed by atoms with Gasteiger partial charge in [0.05, 0.1) is 6.04 Å². The van der Waals surface area contributed by atoms with Crippen LogP contribution in [0.15, 0.2) is 30.3 Å². The molecule has 2 aromatic rings. The molecule has 6 heteroatoms. The van der Waals surface area contributed by atoms with Gasteiger partial charge in [-0.25, -0.2) is 19.2 Å². The number of hydrogen-bond acceptors (Lipinski definition) is 3. The van der Waals surface area contributed by atoms with E-state index in [1.807, 2.05) is 19.9 Å². The lowest BCUT2D eigenvalue weighted by Crippen LogP contribution is -2.50. The zero-order valence-corrected chi connectivity index (χ0v) is 13.9. The Kier molecular flexibility index (Phi) is 4.74. The molecule has 24 heavy (non-hydrogen) atoms. The molecule has 2 heterocycles. The van der Waals surface area contributed by atoms with E-state index >= 15 is 0 Å². The zero-order chi connectivity index (χ0) is 17.1. The molecule has 126 valence electrons. The number of rotatable bonds is 4. The monoisotopic (exact) mass is 328 g/mol. The van der Waals surface area contributed by atoms with Crippen LogP contribution in [0.3, 0.4) is 0 Å². The summed E-state index contributed by atoms with van der Waals surface area (Å²) in [7, 11) is 0. The second-order valence-corrected chi connectivity index (χ2v) is 6.10. The fraction of sp³-hybridized carbons (Fsp3) is 0.389. The number of aromatic nitrogens is 2. The van der Waals surface area contributed by atoms with Gasteiger partial charge < -0.3 is 10.2 Å². The number of carbonyl (C=O) groups is 1. The number of nitrogens with zero attached hydrogens (tertiary/aromatic N) is 3. The van der Waals surface area contributed by atoms with Gasteiger partial charge in [0.2, 0.25) is 0 Å². The van der Waals surface area contributed by atoms with Crippen molar-refractivity contribution in [3.63, 3.8) is 0 Å². The molecule has 0 aliphatic carbocycles.